The van der Waals surface area contributed by atoms with E-state index in [2.05, 4.69) is 55.5 Å². The Bertz CT molecular complexity index is 708. The summed E-state index contributed by atoms with van der Waals surface area (Å²) in [7, 11) is 0. The molecule has 0 bridgehead atoms. The first kappa shape index (κ1) is 20.8. The maximum absolute atomic E-state index is 12.9. The molecule has 1 aliphatic rings. The van der Waals surface area contributed by atoms with E-state index in [0.29, 0.717) is 18.4 Å². The third-order valence-corrected chi connectivity index (χ3v) is 6.06. The van der Waals surface area contributed by atoms with Gasteiger partial charge in [-0.3, -0.25) is 4.79 Å². The largest absolute Gasteiger partial charge is 0.341 e. The van der Waals surface area contributed by atoms with E-state index in [1.165, 1.54) is 11.1 Å². The van der Waals surface area contributed by atoms with Gasteiger partial charge in [0.25, 0.3) is 0 Å². The first-order valence-electron chi connectivity index (χ1n) is 8.85. The predicted molar refractivity (Wildman–Crippen MR) is 112 cm³/mol. The van der Waals surface area contributed by atoms with Gasteiger partial charge in [-0.25, -0.2) is 0 Å². The number of carbonyl (C=O) groups excluding carboxylic acids is 1. The highest BCUT2D eigenvalue weighted by Crippen LogP contribution is 2.34. The summed E-state index contributed by atoms with van der Waals surface area (Å²) in [6, 6.07) is 18.8. The van der Waals surface area contributed by atoms with Crippen molar-refractivity contribution in [3.63, 3.8) is 0 Å². The quantitative estimate of drug-likeness (QED) is 0.782. The lowest BCUT2D eigenvalue weighted by Crippen LogP contribution is -2.35. The summed E-state index contributed by atoms with van der Waals surface area (Å²) in [4.78, 5) is 16.1. The lowest BCUT2D eigenvalue weighted by molar-refractivity contribution is -0.129. The van der Waals surface area contributed by atoms with Crippen molar-refractivity contribution in [3.8, 4) is 0 Å². The van der Waals surface area contributed by atoms with Gasteiger partial charge in [-0.15, -0.1) is 24.2 Å². The summed E-state index contributed by atoms with van der Waals surface area (Å²) in [6.07, 6.45) is 0. The van der Waals surface area contributed by atoms with Crippen LogP contribution in [0.3, 0.4) is 0 Å². The summed E-state index contributed by atoms with van der Waals surface area (Å²) in [5.74, 6) is 0.886. The highest BCUT2D eigenvalue weighted by Gasteiger charge is 2.36. The van der Waals surface area contributed by atoms with Crippen LogP contribution in [0.5, 0.6) is 0 Å². The zero-order valence-electron chi connectivity index (χ0n) is 15.3. The van der Waals surface area contributed by atoms with Crippen LogP contribution in [0.2, 0.25) is 0 Å². The van der Waals surface area contributed by atoms with E-state index in [0.717, 1.165) is 18.0 Å². The topological polar surface area (TPSA) is 46.3 Å². The van der Waals surface area contributed by atoms with Crippen molar-refractivity contribution in [2.24, 2.45) is 11.7 Å². The van der Waals surface area contributed by atoms with Crippen molar-refractivity contribution in [2.45, 2.75) is 29.9 Å². The fourth-order valence-corrected chi connectivity index (χ4v) is 4.45. The number of carbonyl (C=O) groups is 1. The number of rotatable bonds is 5. The zero-order chi connectivity index (χ0) is 17.8. The number of likely N-dealkylation sites (tertiary alicyclic amines) is 1. The first-order chi connectivity index (χ1) is 12.1. The third kappa shape index (κ3) is 4.81. The smallest absolute Gasteiger partial charge is 0.235 e. The Morgan fingerprint density at radius 3 is 2.42 bits per heavy atom. The first-order valence-corrected chi connectivity index (χ1v) is 9.73. The van der Waals surface area contributed by atoms with Crippen LogP contribution in [0, 0.1) is 12.8 Å². The van der Waals surface area contributed by atoms with Gasteiger partial charge in [-0.2, -0.15) is 0 Å². The maximum atomic E-state index is 12.9. The van der Waals surface area contributed by atoms with Gasteiger partial charge in [-0.1, -0.05) is 48.0 Å². The Morgan fingerprint density at radius 2 is 1.81 bits per heavy atom. The number of amides is 1. The Balaban J connectivity index is 0.00000243. The van der Waals surface area contributed by atoms with Crippen LogP contribution in [-0.2, 0) is 4.79 Å². The van der Waals surface area contributed by atoms with Crippen LogP contribution in [0.15, 0.2) is 59.5 Å². The molecule has 1 amide bonds. The highest BCUT2D eigenvalue weighted by atomic mass is 35.5. The van der Waals surface area contributed by atoms with Crippen LogP contribution in [-0.4, -0.2) is 35.7 Å². The molecule has 1 fully saturated rings. The molecular formula is C21H27ClN2OS. The molecule has 2 aromatic rings. The monoisotopic (exact) mass is 390 g/mol. The number of hydrogen-bond acceptors (Lipinski definition) is 3. The molecule has 26 heavy (non-hydrogen) atoms. The predicted octanol–water partition coefficient (Wildman–Crippen LogP) is 4.10. The zero-order valence-corrected chi connectivity index (χ0v) is 16.9. The van der Waals surface area contributed by atoms with Crippen LogP contribution in [0.4, 0.5) is 0 Å². The average Bonchev–Trinajstić information content (AvgIpc) is 3.08. The summed E-state index contributed by atoms with van der Waals surface area (Å²) < 4.78 is 0. The lowest BCUT2D eigenvalue weighted by Gasteiger charge is -2.21. The molecule has 0 spiro atoms. The SMILES string of the molecule is Cc1ccc(SC(C)C(=O)N2C[C@@H](CN)[C@H](c3ccccc3)C2)cc1.Cl. The van der Waals surface area contributed by atoms with E-state index in [9.17, 15) is 4.79 Å². The maximum Gasteiger partial charge on any atom is 0.235 e. The van der Waals surface area contributed by atoms with Crippen LogP contribution >= 0.6 is 24.2 Å². The molecule has 2 aromatic carbocycles. The molecule has 3 rings (SSSR count). The molecule has 140 valence electrons. The summed E-state index contributed by atoms with van der Waals surface area (Å²) in [6.45, 7) is 6.21. The van der Waals surface area contributed by atoms with Crippen molar-refractivity contribution in [1.82, 2.24) is 4.90 Å². The summed E-state index contributed by atoms with van der Waals surface area (Å²) in [5, 5.41) is -0.0874. The summed E-state index contributed by atoms with van der Waals surface area (Å²) >= 11 is 1.63. The van der Waals surface area contributed by atoms with Gasteiger partial charge in [0.05, 0.1) is 5.25 Å². The van der Waals surface area contributed by atoms with E-state index in [1.54, 1.807) is 11.8 Å². The van der Waals surface area contributed by atoms with Gasteiger partial charge in [0.15, 0.2) is 0 Å². The van der Waals surface area contributed by atoms with Crippen molar-refractivity contribution in [2.75, 3.05) is 19.6 Å². The molecule has 1 unspecified atom stereocenters. The Hall–Kier alpha value is -1.49. The molecule has 5 heteroatoms. The van der Waals surface area contributed by atoms with E-state index in [4.69, 9.17) is 5.73 Å². The van der Waals surface area contributed by atoms with Crippen molar-refractivity contribution >= 4 is 30.1 Å². The molecule has 0 saturated carbocycles. The number of halogens is 1. The van der Waals surface area contributed by atoms with Gasteiger partial charge < -0.3 is 10.6 Å². The van der Waals surface area contributed by atoms with Crippen molar-refractivity contribution < 1.29 is 4.79 Å². The molecular weight excluding hydrogens is 364 g/mol. The molecule has 0 aliphatic carbocycles. The fourth-order valence-electron chi connectivity index (χ4n) is 3.50. The number of thioether (sulfide) groups is 1. The minimum absolute atomic E-state index is 0. The number of nitrogens with zero attached hydrogens (tertiary/aromatic N) is 1. The van der Waals surface area contributed by atoms with E-state index in [-0.39, 0.29) is 23.6 Å². The number of nitrogens with two attached hydrogens (primary N) is 1. The second kappa shape index (κ2) is 9.45. The van der Waals surface area contributed by atoms with Crippen LogP contribution < -0.4 is 5.73 Å². The molecule has 1 saturated heterocycles. The molecule has 0 aromatic heterocycles. The van der Waals surface area contributed by atoms with Gasteiger partial charge in [-0.05, 0) is 44.0 Å². The highest BCUT2D eigenvalue weighted by molar-refractivity contribution is 8.00. The van der Waals surface area contributed by atoms with E-state index < -0.39 is 0 Å². The number of benzene rings is 2. The van der Waals surface area contributed by atoms with Crippen LogP contribution in [0.25, 0.3) is 0 Å². The Labute approximate surface area is 166 Å². The van der Waals surface area contributed by atoms with Gasteiger partial charge in [0.2, 0.25) is 5.91 Å². The van der Waals surface area contributed by atoms with Gasteiger partial charge >= 0.3 is 0 Å². The van der Waals surface area contributed by atoms with Gasteiger partial charge in [0, 0.05) is 23.9 Å². The number of hydrogen-bond donors (Lipinski definition) is 1. The minimum Gasteiger partial charge on any atom is -0.341 e. The molecule has 2 N–H and O–H groups in total. The second-order valence-electron chi connectivity index (χ2n) is 6.83. The minimum atomic E-state index is -0.0874. The van der Waals surface area contributed by atoms with Gasteiger partial charge in [0.1, 0.15) is 0 Å². The molecule has 1 aliphatic heterocycles. The number of aryl methyl sites for hydroxylation is 1. The van der Waals surface area contributed by atoms with Crippen LogP contribution in [0.1, 0.15) is 24.0 Å². The third-order valence-electron chi connectivity index (χ3n) is 4.96. The van der Waals surface area contributed by atoms with E-state index in [1.807, 2.05) is 17.9 Å². The fraction of sp³-hybridized carbons (Fsp3) is 0.381. The van der Waals surface area contributed by atoms with Crippen molar-refractivity contribution in [1.29, 1.82) is 0 Å². The molecule has 3 nitrogen and oxygen atoms in total. The standard InChI is InChI=1S/C21H26N2OS.ClH/c1-15-8-10-19(11-9-15)25-16(2)21(24)23-13-18(12-22)20(14-23)17-6-4-3-5-7-17;/h3-11,16,18,20H,12-14,22H2,1-2H3;1H/t16?,18-,20+;/m1./s1. The average molecular weight is 391 g/mol. The summed E-state index contributed by atoms with van der Waals surface area (Å²) in [5.41, 5.74) is 8.51. The Kier molecular flexibility index (Phi) is 7.56. The second-order valence-corrected chi connectivity index (χ2v) is 8.24. The van der Waals surface area contributed by atoms with E-state index >= 15 is 0 Å². The molecule has 3 atom stereocenters. The normalized spacial score (nSPS) is 20.5. The van der Waals surface area contributed by atoms with Crippen molar-refractivity contribution in [3.05, 3.63) is 65.7 Å². The Morgan fingerprint density at radius 1 is 1.15 bits per heavy atom. The molecule has 1 heterocycles. The lowest BCUT2D eigenvalue weighted by atomic mass is 9.89. The molecule has 0 radical (unpaired) electrons.